The SMILES string of the molecule is CCCCCC#CC12CCCCC1O2. The van der Waals surface area contributed by atoms with Crippen molar-refractivity contribution in [2.75, 3.05) is 0 Å². The fourth-order valence-electron chi connectivity index (χ4n) is 2.30. The van der Waals surface area contributed by atoms with E-state index in [0.717, 1.165) is 6.42 Å². The van der Waals surface area contributed by atoms with Gasteiger partial charge in [0.05, 0.1) is 6.10 Å². The van der Waals surface area contributed by atoms with Crippen molar-refractivity contribution >= 4 is 0 Å². The molecule has 78 valence electrons. The Morgan fingerprint density at radius 3 is 3.07 bits per heavy atom. The highest BCUT2D eigenvalue weighted by atomic mass is 16.6. The monoisotopic (exact) mass is 192 g/mol. The highest BCUT2D eigenvalue weighted by Crippen LogP contribution is 2.47. The molecule has 0 aromatic carbocycles. The maximum atomic E-state index is 5.70. The molecule has 0 N–H and O–H groups in total. The quantitative estimate of drug-likeness (QED) is 0.380. The number of hydrogen-bond acceptors (Lipinski definition) is 1. The van der Waals surface area contributed by atoms with Crippen LogP contribution in [0.15, 0.2) is 0 Å². The van der Waals surface area contributed by atoms with Crippen LogP contribution in [0.5, 0.6) is 0 Å². The van der Waals surface area contributed by atoms with E-state index in [1.54, 1.807) is 0 Å². The number of fused-ring (bicyclic) bond motifs is 1. The molecule has 1 aliphatic heterocycles. The minimum Gasteiger partial charge on any atom is -0.352 e. The number of rotatable bonds is 3. The molecule has 0 radical (unpaired) electrons. The summed E-state index contributed by atoms with van der Waals surface area (Å²) in [5, 5.41) is 0. The van der Waals surface area contributed by atoms with Crippen molar-refractivity contribution < 1.29 is 4.74 Å². The van der Waals surface area contributed by atoms with E-state index in [1.807, 2.05) is 0 Å². The van der Waals surface area contributed by atoms with Crippen molar-refractivity contribution in [1.82, 2.24) is 0 Å². The van der Waals surface area contributed by atoms with Gasteiger partial charge in [-0.1, -0.05) is 32.1 Å². The zero-order chi connectivity index (χ0) is 9.86. The molecule has 0 aromatic rings. The Hall–Kier alpha value is -0.480. The predicted molar refractivity (Wildman–Crippen MR) is 58.0 cm³/mol. The zero-order valence-electron chi connectivity index (χ0n) is 9.14. The molecule has 2 aliphatic rings. The molecule has 2 unspecified atom stereocenters. The van der Waals surface area contributed by atoms with Crippen LogP contribution in [0, 0.1) is 11.8 Å². The van der Waals surface area contributed by atoms with Gasteiger partial charge < -0.3 is 4.74 Å². The van der Waals surface area contributed by atoms with Gasteiger partial charge in [0.2, 0.25) is 0 Å². The lowest BCUT2D eigenvalue weighted by Gasteiger charge is -2.10. The van der Waals surface area contributed by atoms with E-state index in [9.17, 15) is 0 Å². The van der Waals surface area contributed by atoms with Crippen LogP contribution in [0.4, 0.5) is 0 Å². The van der Waals surface area contributed by atoms with Gasteiger partial charge in [-0.15, -0.1) is 5.92 Å². The Kier molecular flexibility index (Phi) is 3.13. The topological polar surface area (TPSA) is 12.5 Å². The standard InChI is InChI=1S/C13H20O/c1-2-3-4-5-7-10-13-11-8-6-9-12(13)14-13/h12H,2-6,8-9,11H2,1H3. The molecule has 2 atom stereocenters. The predicted octanol–water partition coefficient (Wildman–Crippen LogP) is 3.28. The van der Waals surface area contributed by atoms with Crippen molar-refractivity contribution in [3.63, 3.8) is 0 Å². The average Bonchev–Trinajstić information content (AvgIpc) is 2.92. The van der Waals surface area contributed by atoms with Crippen molar-refractivity contribution in [2.45, 2.75) is 70.0 Å². The van der Waals surface area contributed by atoms with Gasteiger partial charge in [-0.3, -0.25) is 0 Å². The van der Waals surface area contributed by atoms with Crippen LogP contribution < -0.4 is 0 Å². The van der Waals surface area contributed by atoms with Gasteiger partial charge in [0.25, 0.3) is 0 Å². The first-order valence-electron chi connectivity index (χ1n) is 6.05. The van der Waals surface area contributed by atoms with E-state index < -0.39 is 0 Å². The summed E-state index contributed by atoms with van der Waals surface area (Å²) in [4.78, 5) is 0. The van der Waals surface area contributed by atoms with Crippen molar-refractivity contribution in [2.24, 2.45) is 0 Å². The summed E-state index contributed by atoms with van der Waals surface area (Å²) < 4.78 is 5.70. The highest BCUT2D eigenvalue weighted by molar-refractivity contribution is 5.26. The summed E-state index contributed by atoms with van der Waals surface area (Å²) in [5.74, 6) is 6.66. The second-order valence-electron chi connectivity index (χ2n) is 4.50. The van der Waals surface area contributed by atoms with E-state index >= 15 is 0 Å². The lowest BCUT2D eigenvalue weighted by Crippen LogP contribution is -2.16. The molecule has 1 saturated carbocycles. The number of hydrogen-bond donors (Lipinski definition) is 0. The van der Waals surface area contributed by atoms with E-state index in [1.165, 1.54) is 44.9 Å². The number of unbranched alkanes of at least 4 members (excludes halogenated alkanes) is 3. The zero-order valence-corrected chi connectivity index (χ0v) is 9.14. The molecule has 0 bridgehead atoms. The van der Waals surface area contributed by atoms with Gasteiger partial charge in [-0.25, -0.2) is 0 Å². The maximum absolute atomic E-state index is 5.70. The minimum absolute atomic E-state index is 0.0322. The molecule has 2 fully saturated rings. The van der Waals surface area contributed by atoms with Gasteiger partial charge in [-0.2, -0.15) is 0 Å². The molecule has 1 saturated heterocycles. The summed E-state index contributed by atoms with van der Waals surface area (Å²) in [6.45, 7) is 2.23. The average molecular weight is 192 g/mol. The van der Waals surface area contributed by atoms with E-state index in [2.05, 4.69) is 18.8 Å². The smallest absolute Gasteiger partial charge is 0.155 e. The summed E-state index contributed by atoms with van der Waals surface area (Å²) in [6, 6.07) is 0. The first-order chi connectivity index (χ1) is 6.87. The molecule has 1 heterocycles. The normalized spacial score (nSPS) is 34.2. The highest BCUT2D eigenvalue weighted by Gasteiger charge is 2.56. The van der Waals surface area contributed by atoms with Crippen LogP contribution in [0.3, 0.4) is 0 Å². The third-order valence-electron chi connectivity index (χ3n) is 3.29. The molecule has 2 rings (SSSR count). The Balaban J connectivity index is 1.74. The van der Waals surface area contributed by atoms with Gasteiger partial charge in [-0.05, 0) is 25.7 Å². The van der Waals surface area contributed by atoms with E-state index in [-0.39, 0.29) is 5.60 Å². The fourth-order valence-corrected chi connectivity index (χ4v) is 2.30. The molecular weight excluding hydrogens is 172 g/mol. The first kappa shape index (κ1) is 10.1. The summed E-state index contributed by atoms with van der Waals surface area (Å²) in [5.41, 5.74) is 0.0322. The van der Waals surface area contributed by atoms with Crippen LogP contribution in [-0.4, -0.2) is 11.7 Å². The van der Waals surface area contributed by atoms with E-state index in [0.29, 0.717) is 6.10 Å². The molecular formula is C13H20O. The molecule has 14 heavy (non-hydrogen) atoms. The molecule has 1 heteroatoms. The third kappa shape index (κ3) is 2.12. The number of ether oxygens (including phenoxy) is 1. The molecule has 0 amide bonds. The van der Waals surface area contributed by atoms with Crippen LogP contribution in [-0.2, 0) is 4.74 Å². The van der Waals surface area contributed by atoms with Crippen LogP contribution in [0.2, 0.25) is 0 Å². The summed E-state index contributed by atoms with van der Waals surface area (Å²) in [6.07, 6.45) is 10.5. The molecule has 0 aromatic heterocycles. The summed E-state index contributed by atoms with van der Waals surface area (Å²) in [7, 11) is 0. The van der Waals surface area contributed by atoms with Gasteiger partial charge >= 0.3 is 0 Å². The largest absolute Gasteiger partial charge is 0.352 e. The van der Waals surface area contributed by atoms with Gasteiger partial charge in [0.1, 0.15) is 0 Å². The van der Waals surface area contributed by atoms with Gasteiger partial charge in [0.15, 0.2) is 5.60 Å². The molecule has 1 nitrogen and oxygen atoms in total. The lowest BCUT2D eigenvalue weighted by molar-refractivity contribution is 0.336. The fraction of sp³-hybridized carbons (Fsp3) is 0.846. The van der Waals surface area contributed by atoms with Crippen LogP contribution in [0.25, 0.3) is 0 Å². The Bertz CT molecular complexity index is 248. The van der Waals surface area contributed by atoms with Crippen molar-refractivity contribution in [3.8, 4) is 11.8 Å². The second-order valence-corrected chi connectivity index (χ2v) is 4.50. The molecule has 0 spiro atoms. The maximum Gasteiger partial charge on any atom is 0.155 e. The van der Waals surface area contributed by atoms with Crippen LogP contribution >= 0.6 is 0 Å². The van der Waals surface area contributed by atoms with Gasteiger partial charge in [0, 0.05) is 6.42 Å². The Labute approximate surface area is 87.2 Å². The number of epoxide rings is 1. The third-order valence-corrected chi connectivity index (χ3v) is 3.29. The lowest BCUT2D eigenvalue weighted by atomic mass is 9.89. The Morgan fingerprint density at radius 1 is 1.36 bits per heavy atom. The van der Waals surface area contributed by atoms with E-state index in [4.69, 9.17) is 4.74 Å². The van der Waals surface area contributed by atoms with Crippen molar-refractivity contribution in [1.29, 1.82) is 0 Å². The first-order valence-corrected chi connectivity index (χ1v) is 6.05. The minimum atomic E-state index is 0.0322. The summed E-state index contributed by atoms with van der Waals surface area (Å²) >= 11 is 0. The Morgan fingerprint density at radius 2 is 2.29 bits per heavy atom. The molecule has 1 aliphatic carbocycles. The second kappa shape index (κ2) is 4.36. The van der Waals surface area contributed by atoms with Crippen molar-refractivity contribution in [3.05, 3.63) is 0 Å². The van der Waals surface area contributed by atoms with Crippen LogP contribution in [0.1, 0.15) is 58.3 Å².